The number of rotatable bonds is 4. The van der Waals surface area contributed by atoms with Crippen LogP contribution in [-0.4, -0.2) is 37.3 Å². The van der Waals surface area contributed by atoms with Crippen LogP contribution in [0.25, 0.3) is 0 Å². The molecule has 0 unspecified atom stereocenters. The summed E-state index contributed by atoms with van der Waals surface area (Å²) in [7, 11) is 0. The molecule has 4 heteroatoms. The van der Waals surface area contributed by atoms with Crippen molar-refractivity contribution in [1.82, 2.24) is 4.90 Å². The fourth-order valence-electron chi connectivity index (χ4n) is 3.04. The minimum atomic E-state index is -0.289. The van der Waals surface area contributed by atoms with Gasteiger partial charge in [-0.1, -0.05) is 24.3 Å². The number of nitrogens with zero attached hydrogens (tertiary/aromatic N) is 2. The molecule has 2 aliphatic rings. The molecular formula is C16H20N2O2. The lowest BCUT2D eigenvalue weighted by Gasteiger charge is -2.37. The van der Waals surface area contributed by atoms with Gasteiger partial charge in [-0.2, -0.15) is 4.99 Å². The SMILES string of the molecule is O=C=NC1(c2cccc(CN3CCOCC3)c2)CCC1. The molecule has 0 radical (unpaired) electrons. The van der Waals surface area contributed by atoms with Crippen molar-refractivity contribution in [3.8, 4) is 0 Å². The van der Waals surface area contributed by atoms with Crippen LogP contribution in [0.2, 0.25) is 0 Å². The number of benzene rings is 1. The van der Waals surface area contributed by atoms with Gasteiger partial charge in [0.15, 0.2) is 0 Å². The van der Waals surface area contributed by atoms with Crippen LogP contribution in [0.4, 0.5) is 0 Å². The first-order valence-electron chi connectivity index (χ1n) is 7.31. The molecule has 0 amide bonds. The van der Waals surface area contributed by atoms with Crippen LogP contribution in [0.5, 0.6) is 0 Å². The van der Waals surface area contributed by atoms with Gasteiger partial charge in [0.1, 0.15) is 0 Å². The Morgan fingerprint density at radius 1 is 1.30 bits per heavy atom. The fraction of sp³-hybridized carbons (Fsp3) is 0.562. The number of isocyanates is 1. The second kappa shape index (κ2) is 5.88. The van der Waals surface area contributed by atoms with Crippen LogP contribution in [0.15, 0.2) is 29.3 Å². The lowest BCUT2D eigenvalue weighted by atomic mass is 9.72. The van der Waals surface area contributed by atoms with E-state index in [1.807, 2.05) is 0 Å². The van der Waals surface area contributed by atoms with Gasteiger partial charge in [-0.05, 0) is 30.4 Å². The van der Waals surface area contributed by atoms with Gasteiger partial charge in [0.2, 0.25) is 6.08 Å². The Bertz CT molecular complexity index is 513. The van der Waals surface area contributed by atoms with Crippen LogP contribution in [-0.2, 0) is 21.6 Å². The maximum Gasteiger partial charge on any atom is 0.235 e. The smallest absolute Gasteiger partial charge is 0.235 e. The van der Waals surface area contributed by atoms with E-state index in [1.165, 1.54) is 5.56 Å². The topological polar surface area (TPSA) is 41.9 Å². The van der Waals surface area contributed by atoms with E-state index >= 15 is 0 Å². The Balaban J connectivity index is 1.77. The summed E-state index contributed by atoms with van der Waals surface area (Å²) in [4.78, 5) is 17.2. The Hall–Kier alpha value is -1.48. The Morgan fingerprint density at radius 2 is 2.10 bits per heavy atom. The molecule has 0 aromatic heterocycles. The fourth-order valence-corrected chi connectivity index (χ4v) is 3.04. The third-order valence-electron chi connectivity index (χ3n) is 4.41. The molecule has 1 saturated heterocycles. The first-order chi connectivity index (χ1) is 9.82. The summed E-state index contributed by atoms with van der Waals surface area (Å²) in [5, 5.41) is 0. The van der Waals surface area contributed by atoms with Crippen molar-refractivity contribution < 1.29 is 9.53 Å². The standard InChI is InChI=1S/C16H20N2O2/c19-13-17-16(5-2-6-16)15-4-1-3-14(11-15)12-18-7-9-20-10-8-18/h1,3-4,11H,2,5-10,12H2. The van der Waals surface area contributed by atoms with E-state index in [2.05, 4.69) is 34.2 Å². The molecule has 3 rings (SSSR count). The van der Waals surface area contributed by atoms with Crippen molar-refractivity contribution in [3.05, 3.63) is 35.4 Å². The van der Waals surface area contributed by atoms with E-state index < -0.39 is 0 Å². The summed E-state index contributed by atoms with van der Waals surface area (Å²) in [6, 6.07) is 8.51. The van der Waals surface area contributed by atoms with Crippen molar-refractivity contribution >= 4 is 6.08 Å². The summed E-state index contributed by atoms with van der Waals surface area (Å²) in [6.45, 7) is 4.56. The average molecular weight is 272 g/mol. The highest BCUT2D eigenvalue weighted by Crippen LogP contribution is 2.44. The lowest BCUT2D eigenvalue weighted by Crippen LogP contribution is -2.36. The number of aliphatic imine (C=N–C) groups is 1. The molecule has 106 valence electrons. The summed E-state index contributed by atoms with van der Waals surface area (Å²) >= 11 is 0. The molecular weight excluding hydrogens is 252 g/mol. The molecule has 0 bridgehead atoms. The second-order valence-corrected chi connectivity index (χ2v) is 5.68. The molecule has 1 saturated carbocycles. The van der Waals surface area contributed by atoms with E-state index in [-0.39, 0.29) is 5.54 Å². The van der Waals surface area contributed by atoms with Crippen LogP contribution >= 0.6 is 0 Å². The Morgan fingerprint density at radius 3 is 2.75 bits per heavy atom. The van der Waals surface area contributed by atoms with Gasteiger partial charge in [0, 0.05) is 19.6 Å². The van der Waals surface area contributed by atoms with Crippen molar-refractivity contribution in [3.63, 3.8) is 0 Å². The summed E-state index contributed by atoms with van der Waals surface area (Å²) in [5.74, 6) is 0. The molecule has 1 aliphatic carbocycles. The van der Waals surface area contributed by atoms with Crippen molar-refractivity contribution in [2.24, 2.45) is 4.99 Å². The molecule has 0 spiro atoms. The summed E-state index contributed by atoms with van der Waals surface area (Å²) in [5.41, 5.74) is 2.16. The van der Waals surface area contributed by atoms with Gasteiger partial charge in [-0.3, -0.25) is 4.90 Å². The van der Waals surface area contributed by atoms with E-state index in [0.717, 1.165) is 57.7 Å². The third-order valence-corrected chi connectivity index (χ3v) is 4.41. The molecule has 2 fully saturated rings. The molecule has 1 aliphatic heterocycles. The normalized spacial score (nSPS) is 21.8. The van der Waals surface area contributed by atoms with Crippen molar-refractivity contribution in [2.75, 3.05) is 26.3 Å². The van der Waals surface area contributed by atoms with Crippen molar-refractivity contribution in [1.29, 1.82) is 0 Å². The Kier molecular flexibility index (Phi) is 3.97. The van der Waals surface area contributed by atoms with Gasteiger partial charge in [-0.25, -0.2) is 4.79 Å². The lowest BCUT2D eigenvalue weighted by molar-refractivity contribution is 0.0341. The van der Waals surface area contributed by atoms with Gasteiger partial charge in [-0.15, -0.1) is 0 Å². The first kappa shape index (κ1) is 13.5. The zero-order valence-corrected chi connectivity index (χ0v) is 11.7. The predicted molar refractivity (Wildman–Crippen MR) is 76.2 cm³/mol. The van der Waals surface area contributed by atoms with Gasteiger partial charge in [0.05, 0.1) is 18.8 Å². The van der Waals surface area contributed by atoms with Crippen LogP contribution in [0, 0.1) is 0 Å². The number of morpholine rings is 1. The quantitative estimate of drug-likeness (QED) is 0.623. The maximum atomic E-state index is 10.7. The van der Waals surface area contributed by atoms with Crippen LogP contribution < -0.4 is 0 Å². The third kappa shape index (κ3) is 2.68. The molecule has 0 N–H and O–H groups in total. The van der Waals surface area contributed by atoms with E-state index in [1.54, 1.807) is 6.08 Å². The molecule has 4 nitrogen and oxygen atoms in total. The maximum absolute atomic E-state index is 10.7. The first-order valence-corrected chi connectivity index (χ1v) is 7.31. The molecule has 1 aromatic carbocycles. The van der Waals surface area contributed by atoms with Crippen LogP contribution in [0.1, 0.15) is 30.4 Å². The number of carbonyl (C=O) groups excluding carboxylic acids is 1. The van der Waals surface area contributed by atoms with Crippen molar-refractivity contribution in [2.45, 2.75) is 31.3 Å². The number of hydrogen-bond acceptors (Lipinski definition) is 4. The zero-order chi connectivity index (χ0) is 13.8. The van der Waals surface area contributed by atoms with Gasteiger partial charge in [0.25, 0.3) is 0 Å². The average Bonchev–Trinajstić information content (AvgIpc) is 2.44. The van der Waals surface area contributed by atoms with Crippen LogP contribution in [0.3, 0.4) is 0 Å². The van der Waals surface area contributed by atoms with E-state index in [4.69, 9.17) is 4.74 Å². The predicted octanol–water partition coefficient (Wildman–Crippen LogP) is 2.23. The molecule has 1 heterocycles. The minimum absolute atomic E-state index is 0.289. The molecule has 20 heavy (non-hydrogen) atoms. The zero-order valence-electron chi connectivity index (χ0n) is 11.7. The molecule has 1 aromatic rings. The van der Waals surface area contributed by atoms with E-state index in [9.17, 15) is 4.79 Å². The highest BCUT2D eigenvalue weighted by Gasteiger charge is 2.38. The number of hydrogen-bond donors (Lipinski definition) is 0. The summed E-state index contributed by atoms with van der Waals surface area (Å²) in [6.07, 6.45) is 4.82. The number of ether oxygens (including phenoxy) is 1. The second-order valence-electron chi connectivity index (χ2n) is 5.68. The minimum Gasteiger partial charge on any atom is -0.379 e. The Labute approximate surface area is 119 Å². The van der Waals surface area contributed by atoms with E-state index in [0.29, 0.717) is 0 Å². The highest BCUT2D eigenvalue weighted by atomic mass is 16.5. The summed E-state index contributed by atoms with van der Waals surface area (Å²) < 4.78 is 5.37. The monoisotopic (exact) mass is 272 g/mol. The molecule has 0 atom stereocenters. The largest absolute Gasteiger partial charge is 0.379 e. The highest BCUT2D eigenvalue weighted by molar-refractivity contribution is 5.40. The van der Waals surface area contributed by atoms with Gasteiger partial charge >= 0.3 is 0 Å². The van der Waals surface area contributed by atoms with Gasteiger partial charge < -0.3 is 4.74 Å².